The lowest BCUT2D eigenvalue weighted by Crippen LogP contribution is -2.57. The Morgan fingerprint density at radius 3 is 2.52 bits per heavy atom. The molecule has 0 saturated heterocycles. The minimum Gasteiger partial charge on any atom is -0.484 e. The predicted molar refractivity (Wildman–Crippen MR) is 90.6 cm³/mol. The number of unbranched alkanes of at least 4 members (excludes halogenated alkanes) is 3. The Hall–Kier alpha value is -2.16. The fourth-order valence-electron chi connectivity index (χ4n) is 2.73. The molecule has 0 unspecified atom stereocenters. The smallest absolute Gasteiger partial charge is 0.438 e. The van der Waals surface area contributed by atoms with Gasteiger partial charge in [-0.05, 0) is 37.1 Å². The molecule has 1 aromatic carbocycles. The first-order chi connectivity index (χ1) is 12.7. The van der Waals surface area contributed by atoms with Gasteiger partial charge in [0.25, 0.3) is 11.6 Å². The number of aliphatic hydroxyl groups is 1. The average Bonchev–Trinajstić information content (AvgIpc) is 2.96. The first kappa shape index (κ1) is 21.1. The highest BCUT2D eigenvalue weighted by Crippen LogP contribution is 2.41. The summed E-state index contributed by atoms with van der Waals surface area (Å²) in [7, 11) is 0. The van der Waals surface area contributed by atoms with Crippen LogP contribution in [0.1, 0.15) is 45.4 Å². The summed E-state index contributed by atoms with van der Waals surface area (Å²) < 4.78 is 58.1. The number of carbonyl (C=O) groups is 1. The first-order valence-electron chi connectivity index (χ1n) is 8.74. The van der Waals surface area contributed by atoms with E-state index in [1.807, 2.05) is 6.92 Å². The van der Waals surface area contributed by atoms with Gasteiger partial charge in [-0.15, -0.1) is 0 Å². The molecule has 27 heavy (non-hydrogen) atoms. The van der Waals surface area contributed by atoms with Gasteiger partial charge in [0.2, 0.25) is 0 Å². The molecular weight excluding hydrogens is 368 g/mol. The number of ether oxygens (including phenoxy) is 1. The summed E-state index contributed by atoms with van der Waals surface area (Å²) in [6.07, 6.45) is -2.16. The maximum atomic E-state index is 13.4. The Labute approximate surface area is 154 Å². The fraction of sp³-hybridized carbons (Fsp3) is 0.556. The van der Waals surface area contributed by atoms with Gasteiger partial charge in [-0.3, -0.25) is 4.79 Å². The lowest BCUT2D eigenvalue weighted by Gasteiger charge is -2.32. The molecule has 2 rings (SSSR count). The van der Waals surface area contributed by atoms with Crippen molar-refractivity contribution >= 4 is 11.6 Å². The summed E-state index contributed by atoms with van der Waals surface area (Å²) in [5.74, 6) is -1.54. The average molecular weight is 390 g/mol. The molecule has 1 aliphatic rings. The van der Waals surface area contributed by atoms with Crippen LogP contribution in [0.4, 0.5) is 17.6 Å². The molecule has 0 bridgehead atoms. The minimum atomic E-state index is -5.06. The number of hydrogen-bond donors (Lipinski definition) is 1. The van der Waals surface area contributed by atoms with E-state index in [1.54, 1.807) is 0 Å². The predicted octanol–water partition coefficient (Wildman–Crippen LogP) is 4.01. The van der Waals surface area contributed by atoms with Crippen molar-refractivity contribution in [1.82, 2.24) is 5.01 Å². The number of rotatable bonds is 8. The van der Waals surface area contributed by atoms with Crippen LogP contribution in [0.5, 0.6) is 5.75 Å². The molecule has 0 saturated carbocycles. The Morgan fingerprint density at radius 2 is 1.93 bits per heavy atom. The zero-order valence-electron chi connectivity index (χ0n) is 14.9. The second kappa shape index (κ2) is 8.69. The summed E-state index contributed by atoms with van der Waals surface area (Å²) in [6.45, 7) is 1.24. The Morgan fingerprint density at radius 1 is 1.26 bits per heavy atom. The molecule has 1 N–H and O–H groups in total. The van der Waals surface area contributed by atoms with Crippen molar-refractivity contribution in [2.75, 3.05) is 6.61 Å². The highest BCUT2D eigenvalue weighted by molar-refractivity contribution is 5.91. The van der Waals surface area contributed by atoms with E-state index in [-0.39, 0.29) is 22.9 Å². The van der Waals surface area contributed by atoms with Crippen LogP contribution < -0.4 is 4.74 Å². The van der Waals surface area contributed by atoms with Gasteiger partial charge in [0.15, 0.2) is 6.61 Å². The van der Waals surface area contributed by atoms with E-state index < -0.39 is 36.7 Å². The van der Waals surface area contributed by atoms with E-state index in [2.05, 4.69) is 5.10 Å². The van der Waals surface area contributed by atoms with Crippen molar-refractivity contribution in [2.24, 2.45) is 5.10 Å². The SMILES string of the molecule is CCCCCCC1=NN(C(=O)COc2ccc(F)cc2)[C@](O)(C(F)(F)F)C1. The van der Waals surface area contributed by atoms with E-state index in [9.17, 15) is 27.5 Å². The first-order valence-corrected chi connectivity index (χ1v) is 8.74. The number of carbonyl (C=O) groups excluding carboxylic acids is 1. The van der Waals surface area contributed by atoms with E-state index >= 15 is 0 Å². The van der Waals surface area contributed by atoms with Crippen LogP contribution >= 0.6 is 0 Å². The third kappa shape index (κ3) is 5.18. The van der Waals surface area contributed by atoms with Gasteiger partial charge in [-0.25, -0.2) is 4.39 Å². The molecule has 1 heterocycles. The maximum Gasteiger partial charge on any atom is 0.438 e. The number of alkyl halides is 3. The Kier molecular flexibility index (Phi) is 6.80. The number of halogens is 4. The number of nitrogens with zero attached hydrogens (tertiary/aromatic N) is 2. The van der Waals surface area contributed by atoms with Gasteiger partial charge in [-0.1, -0.05) is 26.2 Å². The zero-order chi connectivity index (χ0) is 20.1. The van der Waals surface area contributed by atoms with Crippen LogP contribution in [0.2, 0.25) is 0 Å². The molecule has 1 amide bonds. The summed E-state index contributed by atoms with van der Waals surface area (Å²) in [6, 6.07) is 4.67. The monoisotopic (exact) mass is 390 g/mol. The van der Waals surface area contributed by atoms with Gasteiger partial charge < -0.3 is 9.84 Å². The van der Waals surface area contributed by atoms with Gasteiger partial charge >= 0.3 is 6.18 Å². The molecule has 1 atom stereocenters. The topological polar surface area (TPSA) is 62.1 Å². The van der Waals surface area contributed by atoms with Crippen LogP contribution in [-0.4, -0.2) is 40.2 Å². The zero-order valence-corrected chi connectivity index (χ0v) is 14.9. The fourth-order valence-corrected chi connectivity index (χ4v) is 2.73. The van der Waals surface area contributed by atoms with Crippen LogP contribution in [0.25, 0.3) is 0 Å². The lowest BCUT2D eigenvalue weighted by molar-refractivity contribution is -0.302. The van der Waals surface area contributed by atoms with Crippen molar-refractivity contribution in [3.8, 4) is 5.75 Å². The van der Waals surface area contributed by atoms with Crippen molar-refractivity contribution < 1.29 is 32.2 Å². The van der Waals surface area contributed by atoms with E-state index in [4.69, 9.17) is 4.74 Å². The van der Waals surface area contributed by atoms with Crippen molar-refractivity contribution in [3.05, 3.63) is 30.1 Å². The summed E-state index contributed by atoms with van der Waals surface area (Å²) in [5.41, 5.74) is -3.25. The molecule has 0 aromatic heterocycles. The molecule has 150 valence electrons. The number of hydrazone groups is 1. The van der Waals surface area contributed by atoms with E-state index in [0.717, 1.165) is 31.4 Å². The van der Waals surface area contributed by atoms with Gasteiger partial charge in [0, 0.05) is 12.1 Å². The molecule has 0 aliphatic carbocycles. The lowest BCUT2D eigenvalue weighted by atomic mass is 10.0. The molecule has 1 aromatic rings. The van der Waals surface area contributed by atoms with Gasteiger partial charge in [0.05, 0.1) is 0 Å². The molecular formula is C18H22F4N2O3. The minimum absolute atomic E-state index is 0.0612. The molecule has 5 nitrogen and oxygen atoms in total. The van der Waals surface area contributed by atoms with Crippen LogP contribution in [-0.2, 0) is 4.79 Å². The largest absolute Gasteiger partial charge is 0.484 e. The Balaban J connectivity index is 2.06. The molecule has 9 heteroatoms. The van der Waals surface area contributed by atoms with Gasteiger partial charge in [0.1, 0.15) is 11.6 Å². The van der Waals surface area contributed by atoms with Crippen molar-refractivity contribution in [1.29, 1.82) is 0 Å². The number of benzene rings is 1. The number of hydrogen-bond acceptors (Lipinski definition) is 4. The maximum absolute atomic E-state index is 13.4. The summed E-state index contributed by atoms with van der Waals surface area (Å²) in [5, 5.41) is 13.9. The van der Waals surface area contributed by atoms with Crippen molar-refractivity contribution in [3.63, 3.8) is 0 Å². The van der Waals surface area contributed by atoms with Crippen LogP contribution in [0.3, 0.4) is 0 Å². The standard InChI is InChI=1S/C18H22F4N2O3/c1-2-3-4-5-6-14-11-17(26,18(20,21)22)24(23-14)16(25)12-27-15-9-7-13(19)8-10-15/h7-10,26H,2-6,11-12H2,1H3/t17-/m1/s1. The Bertz CT molecular complexity index is 676. The third-order valence-electron chi connectivity index (χ3n) is 4.23. The molecule has 0 radical (unpaired) electrons. The highest BCUT2D eigenvalue weighted by atomic mass is 19.4. The van der Waals surface area contributed by atoms with E-state index in [1.165, 1.54) is 12.1 Å². The summed E-state index contributed by atoms with van der Waals surface area (Å²) in [4.78, 5) is 12.2. The van der Waals surface area contributed by atoms with Gasteiger partial charge in [-0.2, -0.15) is 23.3 Å². The second-order valence-corrected chi connectivity index (χ2v) is 6.42. The molecule has 1 aliphatic heterocycles. The van der Waals surface area contributed by atoms with Crippen LogP contribution in [0.15, 0.2) is 29.4 Å². The molecule has 0 fully saturated rings. The second-order valence-electron chi connectivity index (χ2n) is 6.42. The van der Waals surface area contributed by atoms with E-state index in [0.29, 0.717) is 6.42 Å². The van der Waals surface area contributed by atoms with Crippen LogP contribution in [0, 0.1) is 5.82 Å². The quantitative estimate of drug-likeness (QED) is 0.539. The van der Waals surface area contributed by atoms with Crippen molar-refractivity contribution in [2.45, 2.75) is 57.3 Å². The normalized spacial score (nSPS) is 19.9. The summed E-state index contributed by atoms with van der Waals surface area (Å²) >= 11 is 0. The number of amides is 1. The highest BCUT2D eigenvalue weighted by Gasteiger charge is 2.63. The molecule has 0 spiro atoms. The third-order valence-corrected chi connectivity index (χ3v) is 4.23.